The molecule has 0 saturated carbocycles. The van der Waals surface area contributed by atoms with Crippen LogP contribution in [-0.2, 0) is 12.0 Å². The lowest BCUT2D eigenvalue weighted by molar-refractivity contribution is 0.0953. The summed E-state index contributed by atoms with van der Waals surface area (Å²) in [5, 5.41) is 2.66. The first-order valence-corrected chi connectivity index (χ1v) is 13.1. The molecule has 2 aromatic carbocycles. The first-order valence-electron chi connectivity index (χ1n) is 12.4. The molecule has 0 spiro atoms. The first-order chi connectivity index (χ1) is 17.5. The highest BCUT2D eigenvalue weighted by molar-refractivity contribution is 9.08. The fourth-order valence-electron chi connectivity index (χ4n) is 4.49. The molecule has 8 nitrogen and oxygen atoms in total. The highest BCUT2D eigenvalue weighted by Crippen LogP contribution is 2.40. The summed E-state index contributed by atoms with van der Waals surface area (Å²) in [6.07, 6.45) is 0. The van der Waals surface area contributed by atoms with Crippen LogP contribution in [0, 0.1) is 0 Å². The Morgan fingerprint density at radius 3 is 2.43 bits per heavy atom. The molecule has 9 heteroatoms. The third kappa shape index (κ3) is 5.76. The van der Waals surface area contributed by atoms with Gasteiger partial charge in [0.15, 0.2) is 5.78 Å². The number of hydrogen-bond donors (Lipinski definition) is 1. The fourth-order valence-corrected chi connectivity index (χ4v) is 4.91. The van der Waals surface area contributed by atoms with E-state index in [-0.39, 0.29) is 23.7 Å². The molecule has 0 aromatic heterocycles. The monoisotopic (exact) mass is 572 g/mol. The highest BCUT2D eigenvalue weighted by atomic mass is 79.9. The minimum atomic E-state index is -0.241. The maximum atomic E-state index is 13.7. The second-order valence-corrected chi connectivity index (χ2v) is 10.4. The van der Waals surface area contributed by atoms with Crippen molar-refractivity contribution in [2.45, 2.75) is 46.6 Å². The van der Waals surface area contributed by atoms with Gasteiger partial charge < -0.3 is 24.6 Å². The number of amides is 1. The molecule has 0 fully saturated rings. The lowest BCUT2D eigenvalue weighted by atomic mass is 9.84. The Morgan fingerprint density at radius 1 is 1.19 bits per heavy atom. The number of rotatable bonds is 9. The maximum absolute atomic E-state index is 13.7. The third-order valence-corrected chi connectivity index (χ3v) is 6.92. The summed E-state index contributed by atoms with van der Waals surface area (Å²) in [5.41, 5.74) is 4.43. The molecule has 0 bridgehead atoms. The summed E-state index contributed by atoms with van der Waals surface area (Å²) >= 11 is 3.24. The molecule has 0 atom stereocenters. The largest absolute Gasteiger partial charge is 0.494 e. The van der Waals surface area contributed by atoms with Crippen molar-refractivity contribution in [2.24, 2.45) is 4.02 Å². The zero-order valence-corrected chi connectivity index (χ0v) is 24.6. The Bertz CT molecular complexity index is 1220. The van der Waals surface area contributed by atoms with Gasteiger partial charge in [-0.15, -0.1) is 0 Å². The van der Waals surface area contributed by atoms with Crippen LogP contribution in [0.2, 0.25) is 0 Å². The lowest BCUT2D eigenvalue weighted by Crippen LogP contribution is -2.31. The second-order valence-electron chi connectivity index (χ2n) is 10.0. The molecular formula is C28H37BrN4O4. The zero-order valence-electron chi connectivity index (χ0n) is 23.0. The predicted octanol–water partition coefficient (Wildman–Crippen LogP) is 4.96. The summed E-state index contributed by atoms with van der Waals surface area (Å²) in [6.45, 7) is 12.1. The number of carbonyl (C=O) groups excluding carboxylic acids is 2. The molecule has 0 saturated heterocycles. The zero-order chi connectivity index (χ0) is 27.5. The molecule has 200 valence electrons. The molecule has 2 aromatic rings. The van der Waals surface area contributed by atoms with E-state index in [0.29, 0.717) is 35.9 Å². The third-order valence-electron chi connectivity index (χ3n) is 6.58. The number of amidine groups is 1. The molecule has 1 N–H and O–H groups in total. The van der Waals surface area contributed by atoms with Gasteiger partial charge in [-0.05, 0) is 49.1 Å². The minimum Gasteiger partial charge on any atom is -0.494 e. The Morgan fingerprint density at radius 2 is 1.89 bits per heavy atom. The van der Waals surface area contributed by atoms with Gasteiger partial charge in [0.1, 0.15) is 17.3 Å². The summed E-state index contributed by atoms with van der Waals surface area (Å²) < 4.78 is 15.9. The summed E-state index contributed by atoms with van der Waals surface area (Å²) in [5.74, 6) is 1.63. The lowest BCUT2D eigenvalue weighted by Gasteiger charge is -2.28. The predicted molar refractivity (Wildman–Crippen MR) is 152 cm³/mol. The number of nitrogens with zero attached hydrogens (tertiary/aromatic N) is 3. The van der Waals surface area contributed by atoms with Crippen LogP contribution in [0.15, 0.2) is 28.3 Å². The van der Waals surface area contributed by atoms with Crippen molar-refractivity contribution in [3.8, 4) is 11.5 Å². The van der Waals surface area contributed by atoms with Crippen molar-refractivity contribution in [3.05, 3.63) is 52.1 Å². The average molecular weight is 574 g/mol. The van der Waals surface area contributed by atoms with Gasteiger partial charge in [-0.1, -0.05) is 20.8 Å². The van der Waals surface area contributed by atoms with Gasteiger partial charge in [0.25, 0.3) is 5.91 Å². The van der Waals surface area contributed by atoms with Crippen LogP contribution < -0.4 is 19.7 Å². The van der Waals surface area contributed by atoms with Gasteiger partial charge in [-0.25, -0.2) is 0 Å². The van der Waals surface area contributed by atoms with Crippen molar-refractivity contribution in [1.29, 1.82) is 0 Å². The Labute approximate surface area is 228 Å². The van der Waals surface area contributed by atoms with Crippen LogP contribution in [0.25, 0.3) is 0 Å². The molecule has 1 heterocycles. The number of halogens is 1. The fraction of sp³-hybridized carbons (Fsp3) is 0.464. The van der Waals surface area contributed by atoms with Crippen LogP contribution in [-0.4, -0.2) is 63.3 Å². The average Bonchev–Trinajstić information content (AvgIpc) is 3.21. The Balaban J connectivity index is 2.01. The SMILES string of the molecule is CCOc1cc2c(cc1C(=O)NC)C(=NBr)N(CC(=O)c1cc(N(C)CC)c(OC)c(C(C)(C)C)c1)C2. The van der Waals surface area contributed by atoms with Crippen LogP contribution in [0.3, 0.4) is 0 Å². The number of ketones is 1. The van der Waals surface area contributed by atoms with Gasteiger partial charge >= 0.3 is 0 Å². The first kappa shape index (κ1) is 28.5. The molecule has 0 radical (unpaired) electrons. The van der Waals surface area contributed by atoms with Crippen molar-refractivity contribution in [2.75, 3.05) is 45.8 Å². The van der Waals surface area contributed by atoms with Gasteiger partial charge in [-0.3, -0.25) is 9.59 Å². The van der Waals surface area contributed by atoms with E-state index < -0.39 is 0 Å². The number of methoxy groups -OCH3 is 1. The van der Waals surface area contributed by atoms with Crippen LogP contribution in [0.1, 0.15) is 72.0 Å². The number of ether oxygens (including phenoxy) is 2. The highest BCUT2D eigenvalue weighted by Gasteiger charge is 2.31. The van der Waals surface area contributed by atoms with E-state index in [1.807, 2.05) is 37.1 Å². The number of fused-ring (bicyclic) bond motifs is 1. The molecule has 0 aliphatic carbocycles. The molecule has 1 aliphatic heterocycles. The van der Waals surface area contributed by atoms with E-state index in [4.69, 9.17) is 9.47 Å². The molecule has 3 rings (SSSR count). The topological polar surface area (TPSA) is 83.5 Å². The quantitative estimate of drug-likeness (QED) is 0.427. The van der Waals surface area contributed by atoms with E-state index in [1.54, 1.807) is 20.2 Å². The number of anilines is 1. The maximum Gasteiger partial charge on any atom is 0.254 e. The number of hydrogen-bond acceptors (Lipinski definition) is 6. The van der Waals surface area contributed by atoms with Crippen molar-refractivity contribution in [3.63, 3.8) is 0 Å². The standard InChI is InChI=1S/C28H37BrN4O4/c1-9-32(7)22-12-17(11-21(25(22)36-8)28(3,4)5)23(34)16-33-15-18-13-24(37-10-2)20(27(35)30-6)14-19(18)26(33)31-29/h11-14H,9-10,15-16H2,1-8H3,(H,30,35). The van der Waals surface area contributed by atoms with Crippen molar-refractivity contribution >= 4 is 39.4 Å². The molecule has 37 heavy (non-hydrogen) atoms. The minimum absolute atomic E-state index is 0.0306. The van der Waals surface area contributed by atoms with Crippen LogP contribution >= 0.6 is 16.1 Å². The van der Waals surface area contributed by atoms with Gasteiger partial charge in [-0.2, -0.15) is 4.02 Å². The summed E-state index contributed by atoms with van der Waals surface area (Å²) in [6, 6.07) is 7.50. The summed E-state index contributed by atoms with van der Waals surface area (Å²) in [4.78, 5) is 30.2. The molecule has 1 amide bonds. The molecular weight excluding hydrogens is 536 g/mol. The van der Waals surface area contributed by atoms with E-state index >= 15 is 0 Å². The van der Waals surface area contributed by atoms with Crippen LogP contribution in [0.4, 0.5) is 5.69 Å². The van der Waals surface area contributed by atoms with E-state index in [0.717, 1.165) is 34.7 Å². The Hall–Kier alpha value is -3.07. The number of carbonyl (C=O) groups is 2. The number of benzene rings is 2. The van der Waals surface area contributed by atoms with E-state index in [1.165, 1.54) is 0 Å². The van der Waals surface area contributed by atoms with E-state index in [9.17, 15) is 9.59 Å². The molecule has 0 unspecified atom stereocenters. The summed E-state index contributed by atoms with van der Waals surface area (Å²) in [7, 11) is 5.24. The van der Waals surface area contributed by atoms with Gasteiger partial charge in [0, 0.05) is 43.9 Å². The van der Waals surface area contributed by atoms with Gasteiger partial charge in [0.2, 0.25) is 0 Å². The van der Waals surface area contributed by atoms with Crippen molar-refractivity contribution in [1.82, 2.24) is 10.2 Å². The van der Waals surface area contributed by atoms with E-state index in [2.05, 4.69) is 58.1 Å². The van der Waals surface area contributed by atoms with Crippen LogP contribution in [0.5, 0.6) is 11.5 Å². The number of nitrogens with one attached hydrogen (secondary N) is 1. The van der Waals surface area contributed by atoms with Gasteiger partial charge in [0.05, 0.1) is 47.7 Å². The number of Topliss-reactive ketones (excluding diaryl/α,β-unsaturated/α-hetero) is 1. The molecule has 1 aliphatic rings. The van der Waals surface area contributed by atoms with Crippen molar-refractivity contribution < 1.29 is 19.1 Å². The Kier molecular flexibility index (Phi) is 8.89. The second kappa shape index (κ2) is 11.5. The normalized spacial score (nSPS) is 14.0. The smallest absolute Gasteiger partial charge is 0.254 e.